The molecule has 1 aromatic carbocycles. The predicted molar refractivity (Wildman–Crippen MR) is 85.5 cm³/mol. The second kappa shape index (κ2) is 6.76. The summed E-state index contributed by atoms with van der Waals surface area (Å²) in [4.78, 5) is 25.1. The van der Waals surface area contributed by atoms with Gasteiger partial charge in [0.2, 0.25) is 0 Å². The van der Waals surface area contributed by atoms with Gasteiger partial charge in [0.1, 0.15) is 0 Å². The summed E-state index contributed by atoms with van der Waals surface area (Å²) in [5.74, 6) is -0.502. The summed E-state index contributed by atoms with van der Waals surface area (Å²) in [6, 6.07) is 5.15. The molecule has 1 N–H and O–H groups in total. The number of ether oxygens (including phenoxy) is 1. The highest BCUT2D eigenvalue weighted by Gasteiger charge is 2.29. The number of hydrogen-bond donors (Lipinski definition) is 1. The van der Waals surface area contributed by atoms with Crippen molar-refractivity contribution in [1.29, 1.82) is 0 Å². The number of piperidine rings is 1. The summed E-state index contributed by atoms with van der Waals surface area (Å²) < 4.78 is 11.9. The van der Waals surface area contributed by atoms with Crippen LogP contribution in [0.25, 0.3) is 11.1 Å². The van der Waals surface area contributed by atoms with E-state index in [1.807, 2.05) is 6.92 Å². The highest BCUT2D eigenvalue weighted by molar-refractivity contribution is 6.31. The Balaban J connectivity index is 1.70. The minimum atomic E-state index is -0.373. The van der Waals surface area contributed by atoms with Crippen molar-refractivity contribution in [2.24, 2.45) is 5.92 Å². The molecule has 0 aliphatic carbocycles. The van der Waals surface area contributed by atoms with Crippen LogP contribution >= 0.6 is 11.6 Å². The van der Waals surface area contributed by atoms with Crippen molar-refractivity contribution in [3.05, 3.63) is 33.8 Å². The van der Waals surface area contributed by atoms with Crippen molar-refractivity contribution in [2.75, 3.05) is 19.7 Å². The van der Waals surface area contributed by atoms with Crippen LogP contribution in [-0.4, -0.2) is 30.2 Å². The maximum Gasteiger partial charge on any atom is 0.424 e. The van der Waals surface area contributed by atoms with Crippen molar-refractivity contribution < 1.29 is 18.8 Å². The van der Waals surface area contributed by atoms with Gasteiger partial charge in [0.05, 0.1) is 31.1 Å². The average molecular weight is 340 g/mol. The number of oxazole rings is 1. The van der Waals surface area contributed by atoms with Gasteiger partial charge in [0, 0.05) is 17.9 Å². The molecule has 0 saturated carbocycles. The van der Waals surface area contributed by atoms with Crippen molar-refractivity contribution in [3.63, 3.8) is 0 Å². The minimum absolute atomic E-state index is 0.0223. The normalized spacial score (nSPS) is 21.5. The lowest BCUT2D eigenvalue weighted by Gasteiger charge is -2.27. The van der Waals surface area contributed by atoms with E-state index in [0.717, 1.165) is 25.9 Å². The van der Waals surface area contributed by atoms with E-state index in [2.05, 4.69) is 0 Å². The molecule has 23 heavy (non-hydrogen) atoms. The fraction of sp³-hybridized carbons (Fsp3) is 0.500. The van der Waals surface area contributed by atoms with Crippen molar-refractivity contribution in [1.82, 2.24) is 4.57 Å². The molecule has 124 valence electrons. The van der Waals surface area contributed by atoms with Gasteiger partial charge in [0.15, 0.2) is 12.3 Å². The van der Waals surface area contributed by atoms with Gasteiger partial charge >= 0.3 is 11.7 Å². The molecular weight excluding hydrogens is 320 g/mol. The molecule has 1 aliphatic rings. The second-order valence-electron chi connectivity index (χ2n) is 5.84. The highest BCUT2D eigenvalue weighted by atomic mass is 35.5. The zero-order valence-corrected chi connectivity index (χ0v) is 13.8. The van der Waals surface area contributed by atoms with Gasteiger partial charge in [-0.15, -0.1) is 0 Å². The van der Waals surface area contributed by atoms with Gasteiger partial charge in [-0.25, -0.2) is 9.36 Å². The van der Waals surface area contributed by atoms with Crippen molar-refractivity contribution >= 4 is 28.7 Å². The molecule has 1 saturated heterocycles. The molecule has 7 heteroatoms. The van der Waals surface area contributed by atoms with Gasteiger partial charge in [-0.2, -0.15) is 0 Å². The molecule has 0 atom stereocenters. The van der Waals surface area contributed by atoms with E-state index in [9.17, 15) is 9.59 Å². The smallest absolute Gasteiger partial charge is 0.424 e. The molecule has 6 nitrogen and oxygen atoms in total. The van der Waals surface area contributed by atoms with Gasteiger partial charge in [-0.3, -0.25) is 4.79 Å². The topological polar surface area (TPSA) is 65.9 Å². The number of rotatable bonds is 4. The van der Waals surface area contributed by atoms with Crippen LogP contribution in [0.5, 0.6) is 0 Å². The Morgan fingerprint density at radius 1 is 1.43 bits per heavy atom. The Labute approximate surface area is 138 Å². The lowest BCUT2D eigenvalue weighted by atomic mass is 9.97. The summed E-state index contributed by atoms with van der Waals surface area (Å²) in [7, 11) is 0. The number of aromatic nitrogens is 1. The molecule has 0 bridgehead atoms. The molecule has 0 radical (unpaired) electrons. The Bertz CT molecular complexity index is 759. The van der Waals surface area contributed by atoms with E-state index in [0.29, 0.717) is 29.4 Å². The first-order chi connectivity index (χ1) is 11.1. The SMILES string of the molecule is CCOC(=O)C1CC[NH+](Cn2c(=O)oc3ccc(Cl)cc32)CC1. The Hall–Kier alpha value is -1.79. The lowest BCUT2D eigenvalue weighted by molar-refractivity contribution is -0.928. The van der Waals surface area contributed by atoms with Gasteiger partial charge < -0.3 is 14.1 Å². The van der Waals surface area contributed by atoms with Gasteiger partial charge in [-0.05, 0) is 25.1 Å². The first kappa shape index (κ1) is 16.1. The van der Waals surface area contributed by atoms with Crippen LogP contribution in [0.15, 0.2) is 27.4 Å². The molecule has 1 fully saturated rings. The number of nitrogens with zero attached hydrogens (tertiary/aromatic N) is 1. The first-order valence-corrected chi connectivity index (χ1v) is 8.25. The van der Waals surface area contributed by atoms with Crippen LogP contribution in [0.3, 0.4) is 0 Å². The standard InChI is InChI=1S/C16H19ClN2O4/c1-2-22-15(20)11-5-7-18(8-6-11)10-19-13-9-12(17)3-4-14(13)23-16(19)21/h3-4,9,11H,2,5-8,10H2,1H3/p+1. The molecule has 1 aliphatic heterocycles. The molecular formula is C16H20ClN2O4+. The van der Waals surface area contributed by atoms with E-state index in [1.54, 1.807) is 22.8 Å². The van der Waals surface area contributed by atoms with Crippen LogP contribution < -0.4 is 10.7 Å². The second-order valence-corrected chi connectivity index (χ2v) is 6.28. The van der Waals surface area contributed by atoms with E-state index in [4.69, 9.17) is 20.8 Å². The van der Waals surface area contributed by atoms with E-state index in [1.165, 1.54) is 4.90 Å². The van der Waals surface area contributed by atoms with Crippen LogP contribution in [0, 0.1) is 5.92 Å². The van der Waals surface area contributed by atoms with Crippen LogP contribution in [0.2, 0.25) is 5.02 Å². The molecule has 2 aromatic rings. The molecule has 0 spiro atoms. The van der Waals surface area contributed by atoms with E-state index < -0.39 is 0 Å². The van der Waals surface area contributed by atoms with Crippen LogP contribution in [-0.2, 0) is 16.2 Å². The minimum Gasteiger partial charge on any atom is -0.466 e. The number of halogens is 1. The third-order valence-corrected chi connectivity index (χ3v) is 4.56. The molecule has 1 aromatic heterocycles. The Morgan fingerprint density at radius 3 is 2.87 bits per heavy atom. The third-order valence-electron chi connectivity index (χ3n) is 4.32. The largest absolute Gasteiger partial charge is 0.466 e. The number of carbonyl (C=O) groups excluding carboxylic acids is 1. The van der Waals surface area contributed by atoms with Crippen LogP contribution in [0.1, 0.15) is 19.8 Å². The Morgan fingerprint density at radius 2 is 2.17 bits per heavy atom. The predicted octanol–water partition coefficient (Wildman–Crippen LogP) is 1.06. The van der Waals surface area contributed by atoms with E-state index >= 15 is 0 Å². The zero-order chi connectivity index (χ0) is 16.4. The van der Waals surface area contributed by atoms with Crippen LogP contribution in [0.4, 0.5) is 0 Å². The summed E-state index contributed by atoms with van der Waals surface area (Å²) in [6.45, 7) is 4.40. The average Bonchev–Trinajstić information content (AvgIpc) is 2.84. The fourth-order valence-corrected chi connectivity index (χ4v) is 3.25. The maximum absolute atomic E-state index is 12.0. The number of likely N-dealkylation sites (tertiary alicyclic amines) is 1. The summed E-state index contributed by atoms with van der Waals surface area (Å²) in [5.41, 5.74) is 1.25. The quantitative estimate of drug-likeness (QED) is 0.846. The van der Waals surface area contributed by atoms with Crippen molar-refractivity contribution in [3.8, 4) is 0 Å². The highest BCUT2D eigenvalue weighted by Crippen LogP contribution is 2.18. The third kappa shape index (κ3) is 3.43. The number of hydrogen-bond acceptors (Lipinski definition) is 4. The first-order valence-electron chi connectivity index (χ1n) is 7.87. The summed E-state index contributed by atoms with van der Waals surface area (Å²) in [6.07, 6.45) is 1.55. The van der Waals surface area contributed by atoms with Crippen molar-refractivity contribution in [2.45, 2.75) is 26.4 Å². The van der Waals surface area contributed by atoms with E-state index in [-0.39, 0.29) is 17.6 Å². The monoisotopic (exact) mass is 339 g/mol. The maximum atomic E-state index is 12.0. The lowest BCUT2D eigenvalue weighted by Crippen LogP contribution is -3.12. The molecule has 0 amide bonds. The van der Waals surface area contributed by atoms with Gasteiger partial charge in [-0.1, -0.05) is 11.6 Å². The molecule has 2 heterocycles. The number of benzene rings is 1. The zero-order valence-electron chi connectivity index (χ0n) is 13.0. The number of nitrogens with one attached hydrogen (secondary N) is 1. The number of fused-ring (bicyclic) bond motifs is 1. The summed E-state index contributed by atoms with van der Waals surface area (Å²) in [5, 5.41) is 0.572. The fourth-order valence-electron chi connectivity index (χ4n) is 3.09. The number of esters is 1. The van der Waals surface area contributed by atoms with Gasteiger partial charge in [0.25, 0.3) is 0 Å². The molecule has 3 rings (SSSR count). The number of carbonyl (C=O) groups is 1. The number of quaternary nitrogens is 1. The molecule has 0 unspecified atom stereocenters. The summed E-state index contributed by atoms with van der Waals surface area (Å²) >= 11 is 6.01. The Kier molecular flexibility index (Phi) is 4.73.